The fraction of sp³-hybridized carbons (Fsp3) is 0.231. The highest BCUT2D eigenvalue weighted by Crippen LogP contribution is 2.24. The lowest BCUT2D eigenvalue weighted by Crippen LogP contribution is -2.11. The lowest BCUT2D eigenvalue weighted by molar-refractivity contribution is 0.184. The highest BCUT2D eigenvalue weighted by atomic mass is 16.5. The molecular formula is C13H16N4O2. The van der Waals surface area contributed by atoms with E-state index in [1.807, 2.05) is 31.2 Å². The monoisotopic (exact) mass is 260 g/mol. The van der Waals surface area contributed by atoms with Gasteiger partial charge < -0.3 is 9.47 Å². The van der Waals surface area contributed by atoms with Gasteiger partial charge in [0.05, 0.1) is 6.61 Å². The Balaban J connectivity index is 2.22. The van der Waals surface area contributed by atoms with Crippen molar-refractivity contribution in [2.75, 3.05) is 12.5 Å². The number of ether oxygens (including phenoxy) is 2. The standard InChI is InChI=1S/C13H16N4O2/c1-9-7-15-13(17-14)16-12(9)19-11-5-3-4-10(6-11)8-18-2/h3-7H,8,14H2,1-2H3,(H,15,16,17). The second-order valence-corrected chi connectivity index (χ2v) is 4.01. The maximum atomic E-state index is 5.74. The summed E-state index contributed by atoms with van der Waals surface area (Å²) in [6.45, 7) is 2.41. The molecule has 6 nitrogen and oxygen atoms in total. The zero-order valence-electron chi connectivity index (χ0n) is 10.9. The minimum atomic E-state index is 0.314. The van der Waals surface area contributed by atoms with Crippen LogP contribution in [0.2, 0.25) is 0 Å². The summed E-state index contributed by atoms with van der Waals surface area (Å²) >= 11 is 0. The summed E-state index contributed by atoms with van der Waals surface area (Å²) in [6.07, 6.45) is 1.65. The van der Waals surface area contributed by atoms with Crippen LogP contribution < -0.4 is 16.0 Å². The fourth-order valence-corrected chi connectivity index (χ4v) is 1.58. The number of nitrogens with one attached hydrogen (secondary N) is 1. The van der Waals surface area contributed by atoms with Crippen molar-refractivity contribution in [1.29, 1.82) is 0 Å². The van der Waals surface area contributed by atoms with Crippen molar-refractivity contribution in [1.82, 2.24) is 9.97 Å². The normalized spacial score (nSPS) is 10.3. The van der Waals surface area contributed by atoms with Crippen LogP contribution in [0.25, 0.3) is 0 Å². The summed E-state index contributed by atoms with van der Waals surface area (Å²) in [7, 11) is 1.65. The van der Waals surface area contributed by atoms with Crippen LogP contribution in [-0.4, -0.2) is 17.1 Å². The van der Waals surface area contributed by atoms with Gasteiger partial charge >= 0.3 is 0 Å². The van der Waals surface area contributed by atoms with Crippen LogP contribution in [0, 0.1) is 6.92 Å². The minimum absolute atomic E-state index is 0.314. The number of nitrogen functional groups attached to an aromatic ring is 1. The van der Waals surface area contributed by atoms with Crippen molar-refractivity contribution in [3.63, 3.8) is 0 Å². The summed E-state index contributed by atoms with van der Waals surface area (Å²) in [5, 5.41) is 0. The van der Waals surface area contributed by atoms with Gasteiger partial charge in [-0.2, -0.15) is 4.98 Å². The molecule has 0 fully saturated rings. The van der Waals surface area contributed by atoms with Gasteiger partial charge in [-0.05, 0) is 24.6 Å². The number of rotatable bonds is 5. The third kappa shape index (κ3) is 3.40. The zero-order valence-corrected chi connectivity index (χ0v) is 10.9. The molecule has 1 aromatic heterocycles. The van der Waals surface area contributed by atoms with E-state index >= 15 is 0 Å². The van der Waals surface area contributed by atoms with E-state index in [1.165, 1.54) is 0 Å². The summed E-state index contributed by atoms with van der Waals surface area (Å²) in [5.74, 6) is 6.76. The zero-order chi connectivity index (χ0) is 13.7. The quantitative estimate of drug-likeness (QED) is 0.632. The lowest BCUT2D eigenvalue weighted by atomic mass is 10.2. The highest BCUT2D eigenvalue weighted by Gasteiger charge is 2.06. The molecule has 0 amide bonds. The van der Waals surface area contributed by atoms with Crippen molar-refractivity contribution >= 4 is 5.95 Å². The van der Waals surface area contributed by atoms with Gasteiger partial charge in [-0.25, -0.2) is 10.8 Å². The maximum absolute atomic E-state index is 5.74. The van der Waals surface area contributed by atoms with Gasteiger partial charge in [-0.15, -0.1) is 0 Å². The van der Waals surface area contributed by atoms with Crippen LogP contribution >= 0.6 is 0 Å². The van der Waals surface area contributed by atoms with Gasteiger partial charge in [0.25, 0.3) is 0 Å². The molecule has 100 valence electrons. The Hall–Kier alpha value is -2.18. The first-order chi connectivity index (χ1) is 9.22. The van der Waals surface area contributed by atoms with Crippen LogP contribution in [-0.2, 0) is 11.3 Å². The van der Waals surface area contributed by atoms with Gasteiger partial charge in [0.1, 0.15) is 5.75 Å². The summed E-state index contributed by atoms with van der Waals surface area (Å²) < 4.78 is 10.8. The third-order valence-corrected chi connectivity index (χ3v) is 2.48. The Bertz CT molecular complexity index is 560. The van der Waals surface area contributed by atoms with E-state index in [2.05, 4.69) is 15.4 Å². The highest BCUT2D eigenvalue weighted by molar-refractivity contribution is 5.36. The fourth-order valence-electron chi connectivity index (χ4n) is 1.58. The van der Waals surface area contributed by atoms with Gasteiger partial charge in [0, 0.05) is 18.9 Å². The molecule has 0 bridgehead atoms. The predicted molar refractivity (Wildman–Crippen MR) is 71.8 cm³/mol. The van der Waals surface area contributed by atoms with Crippen molar-refractivity contribution in [2.45, 2.75) is 13.5 Å². The number of nitrogens with zero attached hydrogens (tertiary/aromatic N) is 2. The van der Waals surface area contributed by atoms with Crippen LogP contribution in [0.4, 0.5) is 5.95 Å². The summed E-state index contributed by atoms with van der Waals surface area (Å²) in [5.41, 5.74) is 4.25. The number of hydrogen-bond acceptors (Lipinski definition) is 6. The second kappa shape index (κ2) is 6.12. The molecule has 1 aromatic carbocycles. The van der Waals surface area contributed by atoms with E-state index in [0.29, 0.717) is 24.2 Å². The van der Waals surface area contributed by atoms with Crippen molar-refractivity contribution in [3.8, 4) is 11.6 Å². The number of hydrogen-bond donors (Lipinski definition) is 2. The van der Waals surface area contributed by atoms with Gasteiger partial charge in [-0.1, -0.05) is 12.1 Å². The Kier molecular flexibility index (Phi) is 4.27. The average Bonchev–Trinajstić information content (AvgIpc) is 2.42. The van der Waals surface area contributed by atoms with E-state index in [-0.39, 0.29) is 0 Å². The van der Waals surface area contributed by atoms with Gasteiger partial charge in [0.15, 0.2) is 0 Å². The lowest BCUT2D eigenvalue weighted by Gasteiger charge is -2.09. The topological polar surface area (TPSA) is 82.3 Å². The summed E-state index contributed by atoms with van der Waals surface area (Å²) in [4.78, 5) is 8.16. The van der Waals surface area contributed by atoms with Crippen LogP contribution in [0.1, 0.15) is 11.1 Å². The largest absolute Gasteiger partial charge is 0.439 e. The third-order valence-electron chi connectivity index (χ3n) is 2.48. The number of methoxy groups -OCH3 is 1. The van der Waals surface area contributed by atoms with E-state index in [1.54, 1.807) is 13.3 Å². The predicted octanol–water partition coefficient (Wildman–Crippen LogP) is 2.01. The van der Waals surface area contributed by atoms with Crippen LogP contribution in [0.5, 0.6) is 11.6 Å². The van der Waals surface area contributed by atoms with Crippen LogP contribution in [0.15, 0.2) is 30.5 Å². The number of benzene rings is 1. The molecule has 0 aliphatic carbocycles. The first-order valence-electron chi connectivity index (χ1n) is 5.79. The molecule has 0 saturated heterocycles. The molecule has 0 atom stereocenters. The molecule has 0 aliphatic heterocycles. The number of nitrogens with two attached hydrogens (primary N) is 1. The smallest absolute Gasteiger partial charge is 0.240 e. The van der Waals surface area contributed by atoms with E-state index in [0.717, 1.165) is 11.1 Å². The number of aryl methyl sites for hydroxylation is 1. The van der Waals surface area contributed by atoms with E-state index in [4.69, 9.17) is 15.3 Å². The minimum Gasteiger partial charge on any atom is -0.439 e. The molecule has 3 N–H and O–H groups in total. The number of anilines is 1. The Morgan fingerprint density at radius 2 is 2.21 bits per heavy atom. The Morgan fingerprint density at radius 1 is 1.37 bits per heavy atom. The molecule has 6 heteroatoms. The molecule has 0 radical (unpaired) electrons. The first kappa shape index (κ1) is 13.3. The molecular weight excluding hydrogens is 244 g/mol. The molecule has 0 saturated carbocycles. The first-order valence-corrected chi connectivity index (χ1v) is 5.79. The molecule has 1 heterocycles. The molecule has 2 rings (SSSR count). The molecule has 19 heavy (non-hydrogen) atoms. The van der Waals surface area contributed by atoms with Crippen LogP contribution in [0.3, 0.4) is 0 Å². The van der Waals surface area contributed by atoms with Gasteiger partial charge in [0.2, 0.25) is 11.8 Å². The number of aromatic nitrogens is 2. The molecule has 2 aromatic rings. The summed E-state index contributed by atoms with van der Waals surface area (Å²) in [6, 6.07) is 7.63. The Labute approximate surface area is 111 Å². The molecule has 0 unspecified atom stereocenters. The molecule has 0 aliphatic rings. The van der Waals surface area contributed by atoms with E-state index in [9.17, 15) is 0 Å². The second-order valence-electron chi connectivity index (χ2n) is 4.01. The Morgan fingerprint density at radius 3 is 2.95 bits per heavy atom. The van der Waals surface area contributed by atoms with Crippen molar-refractivity contribution < 1.29 is 9.47 Å². The van der Waals surface area contributed by atoms with E-state index < -0.39 is 0 Å². The van der Waals surface area contributed by atoms with Crippen molar-refractivity contribution in [3.05, 3.63) is 41.6 Å². The average molecular weight is 260 g/mol. The maximum Gasteiger partial charge on any atom is 0.240 e. The number of hydrazine groups is 1. The van der Waals surface area contributed by atoms with Crippen molar-refractivity contribution in [2.24, 2.45) is 5.84 Å². The molecule has 0 spiro atoms. The SMILES string of the molecule is COCc1cccc(Oc2nc(NN)ncc2C)c1. The van der Waals surface area contributed by atoms with Gasteiger partial charge in [-0.3, -0.25) is 5.43 Å².